The molecular formula is C19H21F3N2O2. The zero-order chi connectivity index (χ0) is 19.2. The molecule has 0 aliphatic heterocycles. The number of nitrogens with zero attached hydrogens (tertiary/aromatic N) is 1. The first-order chi connectivity index (χ1) is 12.3. The van der Waals surface area contributed by atoms with Crippen molar-refractivity contribution in [3.8, 4) is 0 Å². The van der Waals surface area contributed by atoms with E-state index >= 15 is 0 Å². The zero-order valence-corrected chi connectivity index (χ0v) is 14.6. The van der Waals surface area contributed by atoms with Crippen molar-refractivity contribution in [3.63, 3.8) is 0 Å². The van der Waals surface area contributed by atoms with Crippen LogP contribution in [0.25, 0.3) is 0 Å². The summed E-state index contributed by atoms with van der Waals surface area (Å²) < 4.78 is 43.0. The second-order valence-electron chi connectivity index (χ2n) is 6.02. The predicted octanol–water partition coefficient (Wildman–Crippen LogP) is 4.56. The number of hydrogen-bond donors (Lipinski definition) is 1. The number of amides is 2. The van der Waals surface area contributed by atoms with Gasteiger partial charge < -0.3 is 15.0 Å². The molecule has 26 heavy (non-hydrogen) atoms. The molecule has 0 radical (unpaired) electrons. The molecule has 0 spiro atoms. The number of alkyl halides is 3. The maximum absolute atomic E-state index is 12.5. The van der Waals surface area contributed by atoms with Crippen LogP contribution in [0, 0.1) is 0 Å². The number of rotatable bonds is 6. The lowest BCUT2D eigenvalue weighted by molar-refractivity contribution is -0.137. The molecule has 2 aromatic carbocycles. The molecule has 0 aromatic heterocycles. The highest BCUT2D eigenvalue weighted by atomic mass is 19.4. The molecule has 0 aliphatic carbocycles. The molecule has 0 heterocycles. The van der Waals surface area contributed by atoms with Gasteiger partial charge in [-0.15, -0.1) is 0 Å². The standard InChI is InChI=1S/C19H21F3N2O2/c1-24(2)18(25)23-17-9-5-14(6-10-17)11-12-26-13-15-3-7-16(8-4-15)19(20,21)22/h3-10H,11-13H2,1-2H3,(H,23,25). The van der Waals surface area contributed by atoms with Crippen LogP contribution in [-0.4, -0.2) is 31.6 Å². The van der Waals surface area contributed by atoms with Crippen molar-refractivity contribution < 1.29 is 22.7 Å². The van der Waals surface area contributed by atoms with Crippen LogP contribution in [0.5, 0.6) is 0 Å². The monoisotopic (exact) mass is 366 g/mol. The molecule has 140 valence electrons. The number of benzene rings is 2. The van der Waals surface area contributed by atoms with E-state index in [-0.39, 0.29) is 12.6 Å². The summed E-state index contributed by atoms with van der Waals surface area (Å²) in [7, 11) is 3.33. The second-order valence-corrected chi connectivity index (χ2v) is 6.02. The van der Waals surface area contributed by atoms with E-state index in [0.717, 1.165) is 17.7 Å². The van der Waals surface area contributed by atoms with Gasteiger partial charge in [0.25, 0.3) is 0 Å². The van der Waals surface area contributed by atoms with Crippen molar-refractivity contribution in [2.45, 2.75) is 19.2 Å². The predicted molar refractivity (Wildman–Crippen MR) is 94.0 cm³/mol. The topological polar surface area (TPSA) is 41.6 Å². The lowest BCUT2D eigenvalue weighted by Gasteiger charge is -2.12. The molecule has 0 fully saturated rings. The highest BCUT2D eigenvalue weighted by Gasteiger charge is 2.29. The molecule has 2 amide bonds. The Morgan fingerprint density at radius 2 is 1.58 bits per heavy atom. The summed E-state index contributed by atoms with van der Waals surface area (Å²) >= 11 is 0. The van der Waals surface area contributed by atoms with Gasteiger partial charge in [0.15, 0.2) is 0 Å². The molecule has 0 saturated heterocycles. The van der Waals surface area contributed by atoms with E-state index in [4.69, 9.17) is 4.74 Å². The minimum atomic E-state index is -4.32. The van der Waals surface area contributed by atoms with Gasteiger partial charge in [-0.3, -0.25) is 0 Å². The first kappa shape index (κ1) is 19.8. The number of urea groups is 1. The average molecular weight is 366 g/mol. The molecule has 4 nitrogen and oxygen atoms in total. The van der Waals surface area contributed by atoms with E-state index in [1.54, 1.807) is 14.1 Å². The van der Waals surface area contributed by atoms with Gasteiger partial charge in [0.05, 0.1) is 18.8 Å². The van der Waals surface area contributed by atoms with Gasteiger partial charge in [-0.1, -0.05) is 24.3 Å². The van der Waals surface area contributed by atoms with E-state index in [2.05, 4.69) is 5.32 Å². The van der Waals surface area contributed by atoms with Gasteiger partial charge in [0, 0.05) is 19.8 Å². The van der Waals surface area contributed by atoms with Crippen LogP contribution >= 0.6 is 0 Å². The number of halogens is 3. The van der Waals surface area contributed by atoms with Gasteiger partial charge in [-0.05, 0) is 41.8 Å². The summed E-state index contributed by atoms with van der Waals surface area (Å²) in [6, 6.07) is 12.2. The third-order valence-electron chi connectivity index (χ3n) is 3.70. The minimum absolute atomic E-state index is 0.197. The van der Waals surface area contributed by atoms with E-state index in [9.17, 15) is 18.0 Å². The largest absolute Gasteiger partial charge is 0.416 e. The van der Waals surface area contributed by atoms with Gasteiger partial charge in [-0.2, -0.15) is 13.2 Å². The first-order valence-electron chi connectivity index (χ1n) is 8.07. The summed E-state index contributed by atoms with van der Waals surface area (Å²) in [5, 5.41) is 2.75. The molecule has 0 atom stereocenters. The Balaban J connectivity index is 1.75. The van der Waals surface area contributed by atoms with Crippen molar-refractivity contribution in [2.75, 3.05) is 26.0 Å². The van der Waals surface area contributed by atoms with Crippen LogP contribution in [0.1, 0.15) is 16.7 Å². The highest BCUT2D eigenvalue weighted by Crippen LogP contribution is 2.29. The van der Waals surface area contributed by atoms with E-state index in [1.807, 2.05) is 24.3 Å². The molecule has 2 rings (SSSR count). The summed E-state index contributed by atoms with van der Waals surface area (Å²) in [5.41, 5.74) is 1.78. The Kier molecular flexibility index (Phi) is 6.63. The SMILES string of the molecule is CN(C)C(=O)Nc1ccc(CCOCc2ccc(C(F)(F)F)cc2)cc1. The Morgan fingerprint density at radius 1 is 1.00 bits per heavy atom. The van der Waals surface area contributed by atoms with Gasteiger partial charge >= 0.3 is 12.2 Å². The number of hydrogen-bond acceptors (Lipinski definition) is 2. The maximum Gasteiger partial charge on any atom is 0.416 e. The quantitative estimate of drug-likeness (QED) is 0.762. The van der Waals surface area contributed by atoms with Crippen molar-refractivity contribution in [1.29, 1.82) is 0 Å². The minimum Gasteiger partial charge on any atom is -0.376 e. The van der Waals surface area contributed by atoms with Crippen LogP contribution in [-0.2, 0) is 23.9 Å². The van der Waals surface area contributed by atoms with Crippen LogP contribution in [0.15, 0.2) is 48.5 Å². The molecular weight excluding hydrogens is 345 g/mol. The van der Waals surface area contributed by atoms with Crippen molar-refractivity contribution in [1.82, 2.24) is 4.90 Å². The number of anilines is 1. The summed E-state index contributed by atoms with van der Waals surface area (Å²) in [6.07, 6.45) is -3.65. The Hall–Kier alpha value is -2.54. The lowest BCUT2D eigenvalue weighted by Crippen LogP contribution is -2.27. The van der Waals surface area contributed by atoms with Crippen LogP contribution in [0.4, 0.5) is 23.7 Å². The van der Waals surface area contributed by atoms with Crippen molar-refractivity contribution in [3.05, 3.63) is 65.2 Å². The fourth-order valence-corrected chi connectivity index (χ4v) is 2.16. The summed E-state index contributed by atoms with van der Waals surface area (Å²) in [5.74, 6) is 0. The molecule has 7 heteroatoms. The Bertz CT molecular complexity index is 711. The number of carbonyl (C=O) groups excluding carboxylic acids is 1. The van der Waals surface area contributed by atoms with Gasteiger partial charge in [0.2, 0.25) is 0 Å². The number of nitrogens with one attached hydrogen (secondary N) is 1. The van der Waals surface area contributed by atoms with Crippen LogP contribution in [0.3, 0.4) is 0 Å². The van der Waals surface area contributed by atoms with E-state index < -0.39 is 11.7 Å². The Morgan fingerprint density at radius 3 is 2.12 bits per heavy atom. The molecule has 0 unspecified atom stereocenters. The number of ether oxygens (including phenoxy) is 1. The van der Waals surface area contributed by atoms with E-state index in [0.29, 0.717) is 24.3 Å². The third-order valence-corrected chi connectivity index (χ3v) is 3.70. The molecule has 0 bridgehead atoms. The third kappa shape index (κ3) is 6.07. The van der Waals surface area contributed by atoms with Crippen molar-refractivity contribution >= 4 is 11.7 Å². The number of carbonyl (C=O) groups is 1. The van der Waals surface area contributed by atoms with Gasteiger partial charge in [-0.25, -0.2) is 4.79 Å². The molecule has 1 N–H and O–H groups in total. The fourth-order valence-electron chi connectivity index (χ4n) is 2.16. The average Bonchev–Trinajstić information content (AvgIpc) is 2.59. The first-order valence-corrected chi connectivity index (χ1v) is 8.07. The van der Waals surface area contributed by atoms with Crippen LogP contribution < -0.4 is 5.32 Å². The molecule has 0 saturated carbocycles. The summed E-state index contributed by atoms with van der Waals surface area (Å²) in [4.78, 5) is 13.0. The van der Waals surface area contributed by atoms with Crippen molar-refractivity contribution in [2.24, 2.45) is 0 Å². The smallest absolute Gasteiger partial charge is 0.376 e. The maximum atomic E-state index is 12.5. The normalized spacial score (nSPS) is 11.3. The highest BCUT2D eigenvalue weighted by molar-refractivity contribution is 5.88. The summed E-state index contributed by atoms with van der Waals surface area (Å²) in [6.45, 7) is 0.708. The molecule has 0 aliphatic rings. The lowest BCUT2D eigenvalue weighted by atomic mass is 10.1. The van der Waals surface area contributed by atoms with Gasteiger partial charge in [0.1, 0.15) is 0 Å². The van der Waals surface area contributed by atoms with E-state index in [1.165, 1.54) is 17.0 Å². The zero-order valence-electron chi connectivity index (χ0n) is 14.6. The fraction of sp³-hybridized carbons (Fsp3) is 0.316. The Labute approximate surface area is 150 Å². The van der Waals surface area contributed by atoms with Crippen LogP contribution in [0.2, 0.25) is 0 Å². The molecule has 2 aromatic rings. The second kappa shape index (κ2) is 8.71.